The second-order valence-electron chi connectivity index (χ2n) is 2.97. The van der Waals surface area contributed by atoms with Crippen molar-refractivity contribution >= 4 is 28.6 Å². The lowest BCUT2D eigenvalue weighted by atomic mass is 10.2. The zero-order valence-corrected chi connectivity index (χ0v) is 7.95. The normalized spacial score (nSPS) is 12.3. The molecule has 0 saturated heterocycles. The summed E-state index contributed by atoms with van der Waals surface area (Å²) in [6.07, 6.45) is -4.43. The fourth-order valence-electron chi connectivity index (χ4n) is 1.26. The van der Waals surface area contributed by atoms with Crippen LogP contribution in [0.3, 0.4) is 0 Å². The van der Waals surface area contributed by atoms with Crippen molar-refractivity contribution in [2.24, 2.45) is 0 Å². The van der Waals surface area contributed by atoms with E-state index in [2.05, 4.69) is 9.97 Å². The predicted molar refractivity (Wildman–Crippen MR) is 50.5 cm³/mol. The number of nitrogens with zero attached hydrogens (tertiary/aromatic N) is 1. The molecule has 3 nitrogen and oxygen atoms in total. The van der Waals surface area contributed by atoms with Crippen molar-refractivity contribution in [1.29, 1.82) is 0 Å². The minimum atomic E-state index is -4.43. The number of benzene rings is 1. The van der Waals surface area contributed by atoms with Gasteiger partial charge in [-0.25, -0.2) is 4.98 Å². The van der Waals surface area contributed by atoms with Gasteiger partial charge in [-0.15, -0.1) is 0 Å². The van der Waals surface area contributed by atoms with Crippen molar-refractivity contribution in [3.05, 3.63) is 22.7 Å². The van der Waals surface area contributed by atoms with E-state index in [0.29, 0.717) is 0 Å². The van der Waals surface area contributed by atoms with Crippen molar-refractivity contribution in [3.63, 3.8) is 0 Å². The van der Waals surface area contributed by atoms with Gasteiger partial charge in [0.25, 0.3) is 0 Å². The van der Waals surface area contributed by atoms with Crippen LogP contribution in [-0.4, -0.2) is 9.97 Å². The van der Waals surface area contributed by atoms with Crippen molar-refractivity contribution in [2.75, 3.05) is 5.73 Å². The second kappa shape index (κ2) is 3.03. The molecule has 2 rings (SSSR count). The second-order valence-corrected chi connectivity index (χ2v) is 3.38. The van der Waals surface area contributed by atoms with E-state index >= 15 is 0 Å². The van der Waals surface area contributed by atoms with Crippen LogP contribution in [0.4, 0.5) is 19.1 Å². The third-order valence-electron chi connectivity index (χ3n) is 1.89. The maximum Gasteiger partial charge on any atom is 0.416 e. The molecule has 0 aliphatic rings. The van der Waals surface area contributed by atoms with E-state index in [-0.39, 0.29) is 22.0 Å². The third kappa shape index (κ3) is 1.72. The topological polar surface area (TPSA) is 54.7 Å². The Hall–Kier alpha value is -1.43. The summed E-state index contributed by atoms with van der Waals surface area (Å²) in [7, 11) is 0. The molecule has 7 heteroatoms. The number of hydrogen-bond acceptors (Lipinski definition) is 2. The van der Waals surface area contributed by atoms with Gasteiger partial charge in [-0.1, -0.05) is 11.6 Å². The number of anilines is 1. The maximum atomic E-state index is 12.4. The molecule has 80 valence electrons. The number of nitrogens with two attached hydrogens (primary N) is 1. The highest BCUT2D eigenvalue weighted by molar-refractivity contribution is 6.35. The standard InChI is InChI=1S/C8H5ClF3N3/c9-4-1-3(8(10,11)12)2-5-6(4)15-7(13)14-5/h1-2H,(H3,13,14,15). The molecule has 15 heavy (non-hydrogen) atoms. The summed E-state index contributed by atoms with van der Waals surface area (Å²) < 4.78 is 37.1. The Morgan fingerprint density at radius 1 is 1.33 bits per heavy atom. The highest BCUT2D eigenvalue weighted by atomic mass is 35.5. The largest absolute Gasteiger partial charge is 0.416 e. The number of fused-ring (bicyclic) bond motifs is 1. The average Bonchev–Trinajstić information content (AvgIpc) is 2.44. The van der Waals surface area contributed by atoms with Crippen molar-refractivity contribution in [1.82, 2.24) is 9.97 Å². The van der Waals surface area contributed by atoms with Gasteiger partial charge in [-0.3, -0.25) is 0 Å². The summed E-state index contributed by atoms with van der Waals surface area (Å²) in [6, 6.07) is 1.74. The predicted octanol–water partition coefficient (Wildman–Crippen LogP) is 2.82. The lowest BCUT2D eigenvalue weighted by molar-refractivity contribution is -0.137. The monoisotopic (exact) mass is 235 g/mol. The van der Waals surface area contributed by atoms with E-state index in [4.69, 9.17) is 17.3 Å². The van der Waals surface area contributed by atoms with Crippen LogP contribution in [0.5, 0.6) is 0 Å². The van der Waals surface area contributed by atoms with E-state index < -0.39 is 11.7 Å². The third-order valence-corrected chi connectivity index (χ3v) is 2.17. The zero-order chi connectivity index (χ0) is 11.2. The molecule has 1 heterocycles. The zero-order valence-electron chi connectivity index (χ0n) is 7.19. The van der Waals surface area contributed by atoms with Crippen molar-refractivity contribution in [2.45, 2.75) is 6.18 Å². The first-order chi connectivity index (χ1) is 6.88. The minimum absolute atomic E-state index is 0.0335. The first-order valence-corrected chi connectivity index (χ1v) is 4.27. The first-order valence-electron chi connectivity index (χ1n) is 3.90. The SMILES string of the molecule is Nc1nc2c(Cl)cc(C(F)(F)F)cc2[nH]1. The number of rotatable bonds is 0. The molecule has 0 aliphatic heterocycles. The van der Waals surface area contributed by atoms with Gasteiger partial charge in [0.05, 0.1) is 16.1 Å². The van der Waals surface area contributed by atoms with Crippen LogP contribution in [0.1, 0.15) is 5.56 Å². The molecule has 1 aromatic carbocycles. The van der Waals surface area contributed by atoms with Crippen LogP contribution in [0.2, 0.25) is 5.02 Å². The van der Waals surface area contributed by atoms with Gasteiger partial charge in [0.15, 0.2) is 5.95 Å². The van der Waals surface area contributed by atoms with Gasteiger partial charge in [0, 0.05) is 0 Å². The average molecular weight is 236 g/mol. The molecule has 0 aliphatic carbocycles. The minimum Gasteiger partial charge on any atom is -0.369 e. The smallest absolute Gasteiger partial charge is 0.369 e. The first kappa shape index (κ1) is 10.1. The van der Waals surface area contributed by atoms with Gasteiger partial charge in [-0.2, -0.15) is 13.2 Å². The summed E-state index contributed by atoms with van der Waals surface area (Å²) >= 11 is 5.64. The maximum absolute atomic E-state index is 12.4. The molecule has 0 amide bonds. The van der Waals surface area contributed by atoms with Gasteiger partial charge in [0.2, 0.25) is 0 Å². The van der Waals surface area contributed by atoms with Crippen LogP contribution < -0.4 is 5.73 Å². The molecule has 0 bridgehead atoms. The number of aromatic nitrogens is 2. The quantitative estimate of drug-likeness (QED) is 0.738. The Morgan fingerprint density at radius 3 is 2.60 bits per heavy atom. The number of nitrogens with one attached hydrogen (secondary N) is 1. The van der Waals surface area contributed by atoms with E-state index in [9.17, 15) is 13.2 Å². The van der Waals surface area contributed by atoms with Gasteiger partial charge < -0.3 is 10.7 Å². The fourth-order valence-corrected chi connectivity index (χ4v) is 1.52. The molecule has 0 atom stereocenters. The van der Waals surface area contributed by atoms with Gasteiger partial charge >= 0.3 is 6.18 Å². The summed E-state index contributed by atoms with van der Waals surface area (Å²) in [6.45, 7) is 0. The van der Waals surface area contributed by atoms with Gasteiger partial charge in [0.1, 0.15) is 5.52 Å². The molecule has 0 saturated carbocycles. The molecule has 2 aromatic rings. The summed E-state index contributed by atoms with van der Waals surface area (Å²) in [5.74, 6) is 0.0335. The van der Waals surface area contributed by atoms with Crippen LogP contribution in [-0.2, 0) is 6.18 Å². The van der Waals surface area contributed by atoms with E-state index in [1.165, 1.54) is 0 Å². The van der Waals surface area contributed by atoms with E-state index in [1.807, 2.05) is 0 Å². The van der Waals surface area contributed by atoms with Gasteiger partial charge in [-0.05, 0) is 12.1 Å². The van der Waals surface area contributed by atoms with Crippen LogP contribution in [0.15, 0.2) is 12.1 Å². The summed E-state index contributed by atoms with van der Waals surface area (Å²) in [5.41, 5.74) is 4.89. The summed E-state index contributed by atoms with van der Waals surface area (Å²) in [5, 5.41) is -0.0761. The Morgan fingerprint density at radius 2 is 2.00 bits per heavy atom. The fraction of sp³-hybridized carbons (Fsp3) is 0.125. The van der Waals surface area contributed by atoms with Crippen LogP contribution >= 0.6 is 11.6 Å². The lowest BCUT2D eigenvalue weighted by Crippen LogP contribution is -2.04. The Kier molecular flexibility index (Phi) is 2.04. The molecule has 0 unspecified atom stereocenters. The van der Waals surface area contributed by atoms with E-state index in [1.54, 1.807) is 0 Å². The molecule has 0 spiro atoms. The Bertz CT molecular complexity index is 518. The van der Waals surface area contributed by atoms with E-state index in [0.717, 1.165) is 12.1 Å². The summed E-state index contributed by atoms with van der Waals surface area (Å²) in [4.78, 5) is 6.25. The van der Waals surface area contributed by atoms with Crippen molar-refractivity contribution < 1.29 is 13.2 Å². The number of aromatic amines is 1. The van der Waals surface area contributed by atoms with Crippen molar-refractivity contribution in [3.8, 4) is 0 Å². The Labute approximate surface area is 87.0 Å². The number of nitrogen functional groups attached to an aromatic ring is 1. The number of halogens is 4. The van der Waals surface area contributed by atoms with Crippen LogP contribution in [0.25, 0.3) is 11.0 Å². The molecule has 3 N–H and O–H groups in total. The molecule has 0 fully saturated rings. The molecular weight excluding hydrogens is 231 g/mol. The lowest BCUT2D eigenvalue weighted by Gasteiger charge is -2.06. The number of H-pyrrole nitrogens is 1. The highest BCUT2D eigenvalue weighted by Gasteiger charge is 2.31. The molecular formula is C8H5ClF3N3. The molecule has 0 radical (unpaired) electrons. The molecule has 1 aromatic heterocycles. The number of alkyl halides is 3. The highest BCUT2D eigenvalue weighted by Crippen LogP contribution is 2.34. The Balaban J connectivity index is 2.72. The number of imidazole rings is 1. The number of hydrogen-bond donors (Lipinski definition) is 2. The van der Waals surface area contributed by atoms with Crippen LogP contribution in [0, 0.1) is 0 Å².